The van der Waals surface area contributed by atoms with Crippen LogP contribution >= 0.6 is 0 Å². The predicted octanol–water partition coefficient (Wildman–Crippen LogP) is -4.20. The van der Waals surface area contributed by atoms with Crippen LogP contribution in [0.25, 0.3) is 0 Å². The van der Waals surface area contributed by atoms with Crippen LogP contribution in [0.15, 0.2) is 4.99 Å². The number of rotatable bonds is 14. The van der Waals surface area contributed by atoms with Crippen LogP contribution in [0, 0.1) is 0 Å². The van der Waals surface area contributed by atoms with E-state index in [1.165, 1.54) is 0 Å². The molecule has 0 aliphatic carbocycles. The van der Waals surface area contributed by atoms with Gasteiger partial charge in [-0.2, -0.15) is 0 Å². The summed E-state index contributed by atoms with van der Waals surface area (Å²) in [6.45, 7) is -0.170. The first-order chi connectivity index (χ1) is 15.5. The molecule has 0 bridgehead atoms. The number of nitrogens with two attached hydrogens (primary N) is 2. The van der Waals surface area contributed by atoms with Crippen LogP contribution in [0.5, 0.6) is 0 Å². The second-order valence-corrected chi connectivity index (χ2v) is 7.40. The number of amides is 3. The number of carboxylic acid groups (broad SMARTS) is 2. The minimum Gasteiger partial charge on any atom is -0.481 e. The van der Waals surface area contributed by atoms with Crippen molar-refractivity contribution in [2.75, 3.05) is 19.7 Å². The SMILES string of the molecule is NC(N)=NCCCC(NC(=O)C(CC(=O)O)NC(=O)C1CCCN1)C(=O)NC(CO)C(=O)O. The monoisotopic (exact) mass is 473 g/mol. The molecule has 0 radical (unpaired) electrons. The minimum absolute atomic E-state index is 0.0377. The molecule has 0 aromatic rings. The Morgan fingerprint density at radius 1 is 1.00 bits per heavy atom. The molecular formula is C18H31N7O8. The van der Waals surface area contributed by atoms with Gasteiger partial charge in [0.1, 0.15) is 18.1 Å². The zero-order valence-electron chi connectivity index (χ0n) is 18.0. The summed E-state index contributed by atoms with van der Waals surface area (Å²) in [6.07, 6.45) is 0.711. The zero-order chi connectivity index (χ0) is 25.0. The maximum Gasteiger partial charge on any atom is 0.328 e. The van der Waals surface area contributed by atoms with Crippen LogP contribution in [0.3, 0.4) is 0 Å². The Labute approximate surface area is 189 Å². The molecule has 0 saturated carbocycles. The fraction of sp³-hybridized carbons (Fsp3) is 0.667. The van der Waals surface area contributed by atoms with E-state index in [4.69, 9.17) is 26.8 Å². The zero-order valence-corrected chi connectivity index (χ0v) is 18.0. The highest BCUT2D eigenvalue weighted by atomic mass is 16.4. The number of carbonyl (C=O) groups excluding carboxylic acids is 3. The third kappa shape index (κ3) is 10.1. The van der Waals surface area contributed by atoms with Crippen molar-refractivity contribution >= 4 is 35.6 Å². The number of aliphatic carboxylic acids is 2. The smallest absolute Gasteiger partial charge is 0.328 e. The summed E-state index contributed by atoms with van der Waals surface area (Å²) in [5.41, 5.74) is 10.5. The van der Waals surface area contributed by atoms with Gasteiger partial charge in [-0.15, -0.1) is 0 Å². The summed E-state index contributed by atoms with van der Waals surface area (Å²) in [5, 5.41) is 37.0. The van der Waals surface area contributed by atoms with Crippen molar-refractivity contribution in [3.63, 3.8) is 0 Å². The van der Waals surface area contributed by atoms with Crippen molar-refractivity contribution < 1.29 is 39.3 Å². The van der Waals surface area contributed by atoms with Gasteiger partial charge in [-0.1, -0.05) is 0 Å². The third-order valence-corrected chi connectivity index (χ3v) is 4.76. The molecule has 186 valence electrons. The Balaban J connectivity index is 2.92. The number of aliphatic imine (C=N–C) groups is 1. The molecule has 15 heteroatoms. The summed E-state index contributed by atoms with van der Waals surface area (Å²) in [7, 11) is 0. The maximum absolute atomic E-state index is 12.8. The van der Waals surface area contributed by atoms with Crippen molar-refractivity contribution in [3.8, 4) is 0 Å². The molecule has 1 saturated heterocycles. The Hall–Kier alpha value is -3.46. The molecule has 4 unspecified atom stereocenters. The number of hydrogen-bond donors (Lipinski definition) is 9. The number of guanidine groups is 1. The van der Waals surface area contributed by atoms with Crippen LogP contribution in [-0.4, -0.2) is 94.8 Å². The van der Waals surface area contributed by atoms with Gasteiger partial charge < -0.3 is 48.1 Å². The number of nitrogens with zero attached hydrogens (tertiary/aromatic N) is 1. The van der Waals surface area contributed by atoms with Crippen molar-refractivity contribution in [2.45, 2.75) is 56.3 Å². The molecular weight excluding hydrogens is 442 g/mol. The van der Waals surface area contributed by atoms with Gasteiger partial charge in [-0.05, 0) is 32.2 Å². The molecule has 0 aromatic carbocycles. The second-order valence-electron chi connectivity index (χ2n) is 7.40. The highest BCUT2D eigenvalue weighted by Crippen LogP contribution is 2.07. The lowest BCUT2D eigenvalue weighted by Crippen LogP contribution is -2.57. The fourth-order valence-corrected chi connectivity index (χ4v) is 3.07. The van der Waals surface area contributed by atoms with Gasteiger partial charge in [-0.3, -0.25) is 24.2 Å². The Bertz CT molecular complexity index is 750. The number of nitrogens with one attached hydrogen (secondary N) is 4. The van der Waals surface area contributed by atoms with E-state index in [1.807, 2.05) is 0 Å². The topological polar surface area (TPSA) is 259 Å². The molecule has 4 atom stereocenters. The third-order valence-electron chi connectivity index (χ3n) is 4.76. The molecule has 1 fully saturated rings. The summed E-state index contributed by atoms with van der Waals surface area (Å²) < 4.78 is 0. The predicted molar refractivity (Wildman–Crippen MR) is 114 cm³/mol. The van der Waals surface area contributed by atoms with Gasteiger partial charge in [-0.25, -0.2) is 4.79 Å². The average Bonchev–Trinajstić information content (AvgIpc) is 3.27. The minimum atomic E-state index is -1.61. The molecule has 0 aromatic heterocycles. The first-order valence-electron chi connectivity index (χ1n) is 10.3. The quantitative estimate of drug-likeness (QED) is 0.0663. The van der Waals surface area contributed by atoms with Gasteiger partial charge in [0.25, 0.3) is 0 Å². The van der Waals surface area contributed by atoms with Gasteiger partial charge in [0.05, 0.1) is 19.1 Å². The van der Waals surface area contributed by atoms with Crippen LogP contribution in [0.4, 0.5) is 0 Å². The lowest BCUT2D eigenvalue weighted by molar-refractivity contribution is -0.144. The van der Waals surface area contributed by atoms with Crippen molar-refractivity contribution in [1.82, 2.24) is 21.3 Å². The molecule has 11 N–H and O–H groups in total. The van der Waals surface area contributed by atoms with E-state index in [0.717, 1.165) is 6.42 Å². The van der Waals surface area contributed by atoms with E-state index in [1.54, 1.807) is 0 Å². The van der Waals surface area contributed by atoms with Crippen molar-refractivity contribution in [3.05, 3.63) is 0 Å². The summed E-state index contributed by atoms with van der Waals surface area (Å²) in [6, 6.07) is -4.96. The highest BCUT2D eigenvalue weighted by Gasteiger charge is 2.32. The Morgan fingerprint density at radius 3 is 2.15 bits per heavy atom. The summed E-state index contributed by atoms with van der Waals surface area (Å²) in [4.78, 5) is 63.7. The van der Waals surface area contributed by atoms with E-state index in [0.29, 0.717) is 13.0 Å². The van der Waals surface area contributed by atoms with Crippen LogP contribution in [-0.2, 0) is 24.0 Å². The molecule has 3 amide bonds. The lowest BCUT2D eigenvalue weighted by atomic mass is 10.1. The van der Waals surface area contributed by atoms with Crippen LogP contribution in [0.2, 0.25) is 0 Å². The molecule has 33 heavy (non-hydrogen) atoms. The summed E-state index contributed by atoms with van der Waals surface area (Å²) >= 11 is 0. The van der Waals surface area contributed by atoms with Crippen LogP contribution in [0.1, 0.15) is 32.1 Å². The Morgan fingerprint density at radius 2 is 1.64 bits per heavy atom. The van der Waals surface area contributed by atoms with Crippen LogP contribution < -0.4 is 32.7 Å². The first-order valence-corrected chi connectivity index (χ1v) is 10.3. The normalized spacial score (nSPS) is 17.8. The molecule has 1 rings (SSSR count). The molecule has 1 heterocycles. The van der Waals surface area contributed by atoms with E-state index < -0.39 is 66.9 Å². The van der Waals surface area contributed by atoms with Gasteiger partial charge in [0, 0.05) is 6.54 Å². The lowest BCUT2D eigenvalue weighted by Gasteiger charge is -2.24. The standard InChI is InChI=1S/C18H31N7O8/c19-18(20)22-6-2-4-10(15(30)25-12(8-26)17(32)33)23-16(31)11(7-13(27)28)24-14(29)9-3-1-5-21-9/h9-12,21,26H,1-8H2,(H,23,31)(H,24,29)(H,25,30)(H,27,28)(H,32,33)(H4,19,20,22). The Kier molecular flexibility index (Phi) is 11.6. The summed E-state index contributed by atoms with van der Waals surface area (Å²) in [5.74, 6) is -5.44. The van der Waals surface area contributed by atoms with Crippen molar-refractivity contribution in [2.24, 2.45) is 16.5 Å². The van der Waals surface area contributed by atoms with Gasteiger partial charge >= 0.3 is 11.9 Å². The fourth-order valence-electron chi connectivity index (χ4n) is 3.07. The highest BCUT2D eigenvalue weighted by molar-refractivity contribution is 5.95. The van der Waals surface area contributed by atoms with E-state index in [9.17, 15) is 24.0 Å². The van der Waals surface area contributed by atoms with Crippen molar-refractivity contribution in [1.29, 1.82) is 0 Å². The maximum atomic E-state index is 12.8. The average molecular weight is 473 g/mol. The van der Waals surface area contributed by atoms with E-state index in [-0.39, 0.29) is 25.3 Å². The number of carbonyl (C=O) groups is 5. The molecule has 15 nitrogen and oxygen atoms in total. The number of hydrogen-bond acceptors (Lipinski definition) is 8. The molecule has 1 aliphatic rings. The largest absolute Gasteiger partial charge is 0.481 e. The number of carboxylic acids is 2. The van der Waals surface area contributed by atoms with Gasteiger partial charge in [0.2, 0.25) is 17.7 Å². The van der Waals surface area contributed by atoms with E-state index in [2.05, 4.69) is 26.3 Å². The first kappa shape index (κ1) is 27.6. The number of aliphatic hydroxyl groups excluding tert-OH is 1. The molecule has 0 spiro atoms. The van der Waals surface area contributed by atoms with E-state index >= 15 is 0 Å². The second kappa shape index (κ2) is 13.8. The molecule has 1 aliphatic heterocycles. The number of aliphatic hydroxyl groups is 1. The van der Waals surface area contributed by atoms with Gasteiger partial charge in [0.15, 0.2) is 5.96 Å².